The number of ether oxygens (including phenoxy) is 3. The van der Waals surface area contributed by atoms with Crippen LogP contribution in [0.4, 0.5) is 0 Å². The number of rotatable bonds is 9. The lowest BCUT2D eigenvalue weighted by Crippen LogP contribution is -2.24. The molecule has 170 valence electrons. The Morgan fingerprint density at radius 2 is 1.73 bits per heavy atom. The van der Waals surface area contributed by atoms with Gasteiger partial charge in [-0.05, 0) is 67.1 Å². The fourth-order valence-electron chi connectivity index (χ4n) is 2.63. The van der Waals surface area contributed by atoms with Gasteiger partial charge in [0.05, 0.1) is 23.4 Å². The van der Waals surface area contributed by atoms with Gasteiger partial charge in [-0.1, -0.05) is 35.3 Å². The molecule has 0 aromatic heterocycles. The lowest BCUT2D eigenvalue weighted by Gasteiger charge is -2.12. The molecule has 1 N–H and O–H groups in total. The average Bonchev–Trinajstić information content (AvgIpc) is 2.80. The van der Waals surface area contributed by atoms with E-state index in [0.29, 0.717) is 33.7 Å². The Hall–Kier alpha value is -3.55. The molecule has 0 fully saturated rings. The molecule has 0 radical (unpaired) electrons. The lowest BCUT2D eigenvalue weighted by atomic mass is 10.2. The molecular weight excluding hydrogens is 467 g/mol. The lowest BCUT2D eigenvalue weighted by molar-refractivity contribution is -0.123. The number of hydrogen-bond donors (Lipinski definition) is 1. The molecule has 0 aliphatic carbocycles. The number of benzene rings is 3. The standard InChI is InChI=1S/C24H20Cl2N2O5/c1-2-31-22-13-16(7-12-21(22)33-24(30)19-5-3-4-6-20(19)26)14-27-28-23(29)15-32-18-10-8-17(25)9-11-18/h3-14H,2,15H2,1H3,(H,28,29)/b27-14-. The van der Waals surface area contributed by atoms with E-state index in [2.05, 4.69) is 10.5 Å². The van der Waals surface area contributed by atoms with E-state index in [1.165, 1.54) is 6.21 Å². The molecule has 0 unspecified atom stereocenters. The zero-order chi connectivity index (χ0) is 23.6. The van der Waals surface area contributed by atoms with Crippen molar-refractivity contribution in [3.05, 3.63) is 87.9 Å². The van der Waals surface area contributed by atoms with Crippen LogP contribution in [-0.4, -0.2) is 31.3 Å². The molecule has 1 amide bonds. The fourth-order valence-corrected chi connectivity index (χ4v) is 2.97. The summed E-state index contributed by atoms with van der Waals surface area (Å²) in [5.41, 5.74) is 3.24. The summed E-state index contributed by atoms with van der Waals surface area (Å²) in [7, 11) is 0. The Bertz CT molecular complexity index is 1150. The van der Waals surface area contributed by atoms with Crippen LogP contribution >= 0.6 is 23.2 Å². The zero-order valence-electron chi connectivity index (χ0n) is 17.6. The number of hydrogen-bond acceptors (Lipinski definition) is 6. The summed E-state index contributed by atoms with van der Waals surface area (Å²) in [4.78, 5) is 24.4. The smallest absolute Gasteiger partial charge is 0.345 e. The maximum atomic E-state index is 12.4. The first-order valence-electron chi connectivity index (χ1n) is 9.90. The number of carbonyl (C=O) groups excluding carboxylic acids is 2. The van der Waals surface area contributed by atoms with E-state index in [1.54, 1.807) is 73.7 Å². The van der Waals surface area contributed by atoms with Crippen LogP contribution in [0.5, 0.6) is 17.2 Å². The van der Waals surface area contributed by atoms with Gasteiger partial charge in [0.1, 0.15) is 5.75 Å². The van der Waals surface area contributed by atoms with E-state index in [0.717, 1.165) is 0 Å². The summed E-state index contributed by atoms with van der Waals surface area (Å²) in [5, 5.41) is 4.78. The van der Waals surface area contributed by atoms with E-state index >= 15 is 0 Å². The van der Waals surface area contributed by atoms with Crippen LogP contribution in [-0.2, 0) is 4.79 Å². The minimum Gasteiger partial charge on any atom is -0.490 e. The van der Waals surface area contributed by atoms with Gasteiger partial charge in [-0.25, -0.2) is 10.2 Å². The SMILES string of the molecule is CCOc1cc(/C=N\NC(=O)COc2ccc(Cl)cc2)ccc1OC(=O)c1ccccc1Cl. The molecule has 0 heterocycles. The third kappa shape index (κ3) is 7.24. The van der Waals surface area contributed by atoms with Crippen molar-refractivity contribution in [3.63, 3.8) is 0 Å². The van der Waals surface area contributed by atoms with Gasteiger partial charge in [-0.15, -0.1) is 0 Å². The summed E-state index contributed by atoms with van der Waals surface area (Å²) in [6, 6.07) is 18.1. The van der Waals surface area contributed by atoms with Crippen LogP contribution < -0.4 is 19.6 Å². The molecule has 0 saturated carbocycles. The summed E-state index contributed by atoms with van der Waals surface area (Å²) in [6.07, 6.45) is 1.43. The van der Waals surface area contributed by atoms with Gasteiger partial charge < -0.3 is 14.2 Å². The highest BCUT2D eigenvalue weighted by molar-refractivity contribution is 6.33. The molecule has 9 heteroatoms. The van der Waals surface area contributed by atoms with Gasteiger partial charge in [0.25, 0.3) is 5.91 Å². The van der Waals surface area contributed by atoms with Crippen molar-refractivity contribution >= 4 is 41.3 Å². The van der Waals surface area contributed by atoms with E-state index in [1.807, 2.05) is 0 Å². The highest BCUT2D eigenvalue weighted by atomic mass is 35.5. The molecule has 0 spiro atoms. The van der Waals surface area contributed by atoms with Gasteiger partial charge in [-0.2, -0.15) is 5.10 Å². The highest BCUT2D eigenvalue weighted by Gasteiger charge is 2.15. The van der Waals surface area contributed by atoms with Crippen LogP contribution in [0.2, 0.25) is 10.0 Å². The number of halogens is 2. The summed E-state index contributed by atoms with van der Waals surface area (Å²) in [6.45, 7) is 1.96. The molecule has 3 rings (SSSR count). The average molecular weight is 487 g/mol. The van der Waals surface area contributed by atoms with Gasteiger partial charge in [-0.3, -0.25) is 4.79 Å². The van der Waals surface area contributed by atoms with Gasteiger partial charge >= 0.3 is 5.97 Å². The molecule has 3 aromatic carbocycles. The van der Waals surface area contributed by atoms with E-state index < -0.39 is 11.9 Å². The van der Waals surface area contributed by atoms with Crippen molar-refractivity contribution in [1.29, 1.82) is 0 Å². The highest BCUT2D eigenvalue weighted by Crippen LogP contribution is 2.29. The first kappa shape index (κ1) is 24.1. The Balaban J connectivity index is 1.60. The Labute approximate surface area is 200 Å². The largest absolute Gasteiger partial charge is 0.490 e. The first-order chi connectivity index (χ1) is 16.0. The van der Waals surface area contributed by atoms with Crippen molar-refractivity contribution < 1.29 is 23.8 Å². The third-order valence-electron chi connectivity index (χ3n) is 4.15. The van der Waals surface area contributed by atoms with Crippen molar-refractivity contribution in [2.45, 2.75) is 6.92 Å². The first-order valence-corrected chi connectivity index (χ1v) is 10.7. The quantitative estimate of drug-likeness (QED) is 0.196. The predicted molar refractivity (Wildman–Crippen MR) is 127 cm³/mol. The number of esters is 1. The number of nitrogens with one attached hydrogen (secondary N) is 1. The van der Waals surface area contributed by atoms with Crippen molar-refractivity contribution in [2.75, 3.05) is 13.2 Å². The Morgan fingerprint density at radius 3 is 2.45 bits per heavy atom. The normalized spacial score (nSPS) is 10.6. The number of amides is 1. The molecular formula is C24H20Cl2N2O5. The Kier molecular flexibility index (Phi) is 8.69. The molecule has 7 nitrogen and oxygen atoms in total. The van der Waals surface area contributed by atoms with E-state index in [-0.39, 0.29) is 17.9 Å². The minimum atomic E-state index is -0.601. The Morgan fingerprint density at radius 1 is 0.970 bits per heavy atom. The van der Waals surface area contributed by atoms with Crippen LogP contribution in [0.3, 0.4) is 0 Å². The van der Waals surface area contributed by atoms with Gasteiger partial charge in [0.2, 0.25) is 0 Å². The molecule has 0 saturated heterocycles. The molecule has 33 heavy (non-hydrogen) atoms. The summed E-state index contributed by atoms with van der Waals surface area (Å²) < 4.78 is 16.4. The minimum absolute atomic E-state index is 0.208. The van der Waals surface area contributed by atoms with Crippen molar-refractivity contribution in [3.8, 4) is 17.2 Å². The van der Waals surface area contributed by atoms with Crippen molar-refractivity contribution in [2.24, 2.45) is 5.10 Å². The van der Waals surface area contributed by atoms with Crippen LogP contribution in [0.25, 0.3) is 0 Å². The van der Waals surface area contributed by atoms with Crippen molar-refractivity contribution in [1.82, 2.24) is 5.43 Å². The van der Waals surface area contributed by atoms with Gasteiger partial charge in [0, 0.05) is 5.02 Å². The second-order valence-electron chi connectivity index (χ2n) is 6.54. The summed E-state index contributed by atoms with van der Waals surface area (Å²) >= 11 is 11.9. The van der Waals surface area contributed by atoms with Gasteiger partial charge in [0.15, 0.2) is 18.1 Å². The van der Waals surface area contributed by atoms with Crippen LogP contribution in [0.15, 0.2) is 71.8 Å². The monoisotopic (exact) mass is 486 g/mol. The second-order valence-corrected chi connectivity index (χ2v) is 7.39. The number of nitrogens with zero attached hydrogens (tertiary/aromatic N) is 1. The maximum Gasteiger partial charge on any atom is 0.345 e. The maximum absolute atomic E-state index is 12.4. The molecule has 0 aliphatic rings. The molecule has 0 atom stereocenters. The third-order valence-corrected chi connectivity index (χ3v) is 4.73. The fraction of sp³-hybridized carbons (Fsp3) is 0.125. The predicted octanol–water partition coefficient (Wildman–Crippen LogP) is 5.14. The van der Waals surface area contributed by atoms with E-state index in [4.69, 9.17) is 37.4 Å². The topological polar surface area (TPSA) is 86.2 Å². The summed E-state index contributed by atoms with van der Waals surface area (Å²) in [5.74, 6) is 0.0628. The molecule has 0 bridgehead atoms. The number of carbonyl (C=O) groups is 2. The van der Waals surface area contributed by atoms with Crippen LogP contribution in [0, 0.1) is 0 Å². The second kappa shape index (κ2) is 11.9. The molecule has 3 aromatic rings. The zero-order valence-corrected chi connectivity index (χ0v) is 19.1. The number of hydrazone groups is 1. The van der Waals surface area contributed by atoms with E-state index in [9.17, 15) is 9.59 Å². The van der Waals surface area contributed by atoms with Crippen LogP contribution in [0.1, 0.15) is 22.8 Å². The molecule has 0 aliphatic heterocycles.